The fourth-order valence-electron chi connectivity index (χ4n) is 3.59. The van der Waals surface area contributed by atoms with Crippen LogP contribution in [0.25, 0.3) is 0 Å². The highest BCUT2D eigenvalue weighted by molar-refractivity contribution is 7.15. The van der Waals surface area contributed by atoms with E-state index in [-0.39, 0.29) is 24.3 Å². The second-order valence-electron chi connectivity index (χ2n) is 6.63. The highest BCUT2D eigenvalue weighted by atomic mass is 32.1. The number of aryl methyl sites for hydroxylation is 1. The first-order valence-electron chi connectivity index (χ1n) is 8.86. The smallest absolute Gasteiger partial charge is 0.256 e. The third kappa shape index (κ3) is 3.30. The Hall–Kier alpha value is -2.81. The average Bonchev–Trinajstić information content (AvgIpc) is 3.06. The molecule has 27 heavy (non-hydrogen) atoms. The fourth-order valence-corrected chi connectivity index (χ4v) is 4.20. The van der Waals surface area contributed by atoms with Gasteiger partial charge in [-0.05, 0) is 38.3 Å². The molecule has 1 aromatic carbocycles. The van der Waals surface area contributed by atoms with E-state index in [0.717, 1.165) is 17.8 Å². The van der Waals surface area contributed by atoms with E-state index in [9.17, 15) is 14.4 Å². The van der Waals surface area contributed by atoms with Gasteiger partial charge in [0.15, 0.2) is 0 Å². The first-order valence-corrected chi connectivity index (χ1v) is 9.67. The number of amides is 3. The maximum Gasteiger partial charge on any atom is 0.256 e. The van der Waals surface area contributed by atoms with Crippen molar-refractivity contribution >= 4 is 39.9 Å². The maximum atomic E-state index is 13.2. The molecule has 3 amide bonds. The Morgan fingerprint density at radius 1 is 1.26 bits per heavy atom. The zero-order valence-corrected chi connectivity index (χ0v) is 15.7. The minimum Gasteiger partial charge on any atom is -0.327 e. The number of benzene rings is 1. The Bertz CT molecular complexity index is 912. The van der Waals surface area contributed by atoms with Crippen LogP contribution in [0.2, 0.25) is 0 Å². The van der Waals surface area contributed by atoms with Crippen LogP contribution in [0.4, 0.5) is 10.8 Å². The van der Waals surface area contributed by atoms with Crippen molar-refractivity contribution in [2.45, 2.75) is 32.2 Å². The molecule has 0 aliphatic carbocycles. The second-order valence-corrected chi connectivity index (χ2v) is 7.81. The molecular formula is C18H19N5O3S. The van der Waals surface area contributed by atoms with Gasteiger partial charge in [0.25, 0.3) is 5.91 Å². The van der Waals surface area contributed by atoms with E-state index in [1.54, 1.807) is 36.1 Å². The summed E-state index contributed by atoms with van der Waals surface area (Å²) in [4.78, 5) is 41.8. The minimum absolute atomic E-state index is 0.147. The zero-order valence-electron chi connectivity index (χ0n) is 14.8. The van der Waals surface area contributed by atoms with Crippen molar-refractivity contribution in [1.29, 1.82) is 0 Å². The molecule has 140 valence electrons. The predicted octanol–water partition coefficient (Wildman–Crippen LogP) is 1.83. The van der Waals surface area contributed by atoms with Crippen molar-refractivity contribution in [3.05, 3.63) is 34.8 Å². The van der Waals surface area contributed by atoms with Gasteiger partial charge in [-0.3, -0.25) is 19.7 Å². The first kappa shape index (κ1) is 17.6. The molecule has 0 spiro atoms. The number of piperidine rings is 1. The fraction of sp³-hybridized carbons (Fsp3) is 0.389. The molecule has 1 N–H and O–H groups in total. The number of anilines is 2. The van der Waals surface area contributed by atoms with Gasteiger partial charge in [0.2, 0.25) is 16.9 Å². The number of fused-ring (bicyclic) bond motifs is 2. The van der Waals surface area contributed by atoms with Crippen LogP contribution in [0.15, 0.2) is 24.3 Å². The number of rotatable bonds is 3. The van der Waals surface area contributed by atoms with Gasteiger partial charge in [0.1, 0.15) is 17.6 Å². The van der Waals surface area contributed by atoms with E-state index in [1.165, 1.54) is 16.2 Å². The summed E-state index contributed by atoms with van der Waals surface area (Å²) >= 11 is 1.27. The quantitative estimate of drug-likeness (QED) is 0.870. The minimum atomic E-state index is -0.518. The Morgan fingerprint density at radius 2 is 2.07 bits per heavy atom. The van der Waals surface area contributed by atoms with Gasteiger partial charge in [0, 0.05) is 6.54 Å². The van der Waals surface area contributed by atoms with E-state index >= 15 is 0 Å². The molecule has 2 aliphatic rings. The molecule has 3 heterocycles. The molecule has 0 bridgehead atoms. The molecule has 1 atom stereocenters. The summed E-state index contributed by atoms with van der Waals surface area (Å²) in [5.74, 6) is -0.728. The van der Waals surface area contributed by atoms with Crippen LogP contribution in [0.1, 0.15) is 34.6 Å². The molecule has 1 aromatic heterocycles. The lowest BCUT2D eigenvalue weighted by Gasteiger charge is -2.34. The van der Waals surface area contributed by atoms with Crippen molar-refractivity contribution in [1.82, 2.24) is 15.1 Å². The Kier molecular flexibility index (Phi) is 4.61. The highest BCUT2D eigenvalue weighted by Gasteiger charge is 2.41. The van der Waals surface area contributed by atoms with E-state index in [1.807, 2.05) is 0 Å². The van der Waals surface area contributed by atoms with Crippen LogP contribution in [-0.4, -0.2) is 52.0 Å². The molecule has 8 nitrogen and oxygen atoms in total. The summed E-state index contributed by atoms with van der Waals surface area (Å²) in [6.07, 6.45) is 2.39. The molecular weight excluding hydrogens is 366 g/mol. The van der Waals surface area contributed by atoms with Crippen LogP contribution < -0.4 is 10.2 Å². The van der Waals surface area contributed by atoms with Gasteiger partial charge in [-0.25, -0.2) is 0 Å². The maximum absolute atomic E-state index is 13.2. The van der Waals surface area contributed by atoms with E-state index in [0.29, 0.717) is 29.3 Å². The number of hydrogen-bond donors (Lipinski definition) is 1. The highest BCUT2D eigenvalue weighted by Crippen LogP contribution is 2.31. The van der Waals surface area contributed by atoms with Gasteiger partial charge >= 0.3 is 0 Å². The lowest BCUT2D eigenvalue weighted by atomic mass is 10.0. The SMILES string of the molecule is Cc1nnc(NC(=O)CN2C(=O)[C@@H]3CCCCN3C(=O)c3ccccc32)s1. The Morgan fingerprint density at radius 3 is 2.85 bits per heavy atom. The summed E-state index contributed by atoms with van der Waals surface area (Å²) in [6, 6.07) is 6.44. The lowest BCUT2D eigenvalue weighted by molar-refractivity contribution is -0.125. The number of nitrogens with zero attached hydrogens (tertiary/aromatic N) is 4. The molecule has 9 heteroatoms. The molecule has 2 aliphatic heterocycles. The van der Waals surface area contributed by atoms with Crippen LogP contribution in [0.5, 0.6) is 0 Å². The monoisotopic (exact) mass is 385 g/mol. The average molecular weight is 385 g/mol. The topological polar surface area (TPSA) is 95.5 Å². The van der Waals surface area contributed by atoms with Gasteiger partial charge in [0.05, 0.1) is 11.3 Å². The van der Waals surface area contributed by atoms with Crippen molar-refractivity contribution in [3.8, 4) is 0 Å². The summed E-state index contributed by atoms with van der Waals surface area (Å²) in [7, 11) is 0. The summed E-state index contributed by atoms with van der Waals surface area (Å²) < 4.78 is 0. The standard InChI is InChI=1S/C18H19N5O3S/c1-11-20-21-18(27-11)19-15(24)10-23-13-7-3-2-6-12(13)16(25)22-9-5-4-8-14(22)17(23)26/h2-3,6-7,14H,4-5,8-10H2,1H3,(H,19,21,24)/t14-/m0/s1. The molecule has 0 saturated carbocycles. The molecule has 0 radical (unpaired) electrons. The first-order chi connectivity index (χ1) is 13.0. The number of nitrogens with one attached hydrogen (secondary N) is 1. The molecule has 0 unspecified atom stereocenters. The Labute approximate surface area is 160 Å². The largest absolute Gasteiger partial charge is 0.327 e. The van der Waals surface area contributed by atoms with Gasteiger partial charge in [-0.15, -0.1) is 10.2 Å². The normalized spacial score (nSPS) is 19.4. The van der Waals surface area contributed by atoms with Crippen molar-refractivity contribution in [2.75, 3.05) is 23.3 Å². The summed E-state index contributed by atoms with van der Waals surface area (Å²) in [5, 5.41) is 11.6. The third-order valence-electron chi connectivity index (χ3n) is 4.81. The molecule has 2 aromatic rings. The molecule has 4 rings (SSSR count). The van der Waals surface area contributed by atoms with Crippen LogP contribution >= 0.6 is 11.3 Å². The van der Waals surface area contributed by atoms with Crippen LogP contribution in [0, 0.1) is 6.92 Å². The summed E-state index contributed by atoms with van der Waals surface area (Å²) in [6.45, 7) is 2.19. The van der Waals surface area contributed by atoms with Gasteiger partial charge in [-0.1, -0.05) is 23.5 Å². The van der Waals surface area contributed by atoms with E-state index in [4.69, 9.17) is 0 Å². The summed E-state index contributed by atoms with van der Waals surface area (Å²) in [5.41, 5.74) is 0.931. The zero-order chi connectivity index (χ0) is 19.0. The van der Waals surface area contributed by atoms with Gasteiger partial charge < -0.3 is 9.80 Å². The third-order valence-corrected chi connectivity index (χ3v) is 5.57. The van der Waals surface area contributed by atoms with Gasteiger partial charge in [-0.2, -0.15) is 0 Å². The van der Waals surface area contributed by atoms with Crippen molar-refractivity contribution in [2.24, 2.45) is 0 Å². The van der Waals surface area contributed by atoms with Crippen LogP contribution in [-0.2, 0) is 9.59 Å². The van der Waals surface area contributed by atoms with Crippen LogP contribution in [0.3, 0.4) is 0 Å². The number of aromatic nitrogens is 2. The number of hydrogen-bond acceptors (Lipinski definition) is 6. The molecule has 1 fully saturated rings. The Balaban J connectivity index is 1.65. The number of carbonyl (C=O) groups excluding carboxylic acids is 3. The number of carbonyl (C=O) groups is 3. The van der Waals surface area contributed by atoms with Crippen molar-refractivity contribution < 1.29 is 14.4 Å². The predicted molar refractivity (Wildman–Crippen MR) is 101 cm³/mol. The second kappa shape index (κ2) is 7.07. The number of para-hydroxylation sites is 1. The van der Waals surface area contributed by atoms with E-state index < -0.39 is 6.04 Å². The lowest BCUT2D eigenvalue weighted by Crippen LogP contribution is -2.52. The van der Waals surface area contributed by atoms with Crippen molar-refractivity contribution in [3.63, 3.8) is 0 Å². The molecule has 1 saturated heterocycles. The van der Waals surface area contributed by atoms with E-state index in [2.05, 4.69) is 15.5 Å².